The summed E-state index contributed by atoms with van der Waals surface area (Å²) in [4.78, 5) is 0. The lowest BCUT2D eigenvalue weighted by molar-refractivity contribution is 0.407. The van der Waals surface area contributed by atoms with Gasteiger partial charge in [-0.05, 0) is 13.8 Å². The lowest BCUT2D eigenvalue weighted by Crippen LogP contribution is -2.28. The molecule has 0 saturated carbocycles. The molecule has 0 aliphatic heterocycles. The Kier molecular flexibility index (Phi) is 2.64. The van der Waals surface area contributed by atoms with Crippen molar-refractivity contribution in [1.82, 2.24) is 10.2 Å². The number of nitrogens with zero attached hydrogens (tertiary/aromatic N) is 2. The first-order valence-electron chi connectivity index (χ1n) is 4.01. The van der Waals surface area contributed by atoms with Crippen molar-refractivity contribution < 1.29 is 12.8 Å². The number of aromatic nitrogens is 2. The molecule has 0 aliphatic carbocycles. The fourth-order valence-corrected chi connectivity index (χ4v) is 1.14. The summed E-state index contributed by atoms with van der Waals surface area (Å²) >= 11 is 0. The Bertz CT molecular complexity index is 421. The third-order valence-corrected chi connectivity index (χ3v) is 4.11. The van der Waals surface area contributed by atoms with Gasteiger partial charge in [0.1, 0.15) is 4.75 Å². The smallest absolute Gasteiger partial charge is 0.237 e. The minimum atomic E-state index is -3.29. The van der Waals surface area contributed by atoms with Crippen LogP contribution in [-0.2, 0) is 21.1 Å². The summed E-state index contributed by atoms with van der Waals surface area (Å²) in [6.07, 6.45) is 1.12. The predicted molar refractivity (Wildman–Crippen MR) is 50.1 cm³/mol. The van der Waals surface area contributed by atoms with Crippen LogP contribution in [0.5, 0.6) is 0 Å². The van der Waals surface area contributed by atoms with Gasteiger partial charge in [-0.2, -0.15) is 0 Å². The molecule has 0 radical (unpaired) electrons. The molecule has 0 bridgehead atoms. The molecule has 1 aromatic heterocycles. The van der Waals surface area contributed by atoms with E-state index in [1.165, 1.54) is 13.8 Å². The van der Waals surface area contributed by atoms with Crippen molar-refractivity contribution in [1.29, 1.82) is 0 Å². The van der Waals surface area contributed by atoms with E-state index in [-0.39, 0.29) is 18.3 Å². The van der Waals surface area contributed by atoms with Crippen LogP contribution in [0.15, 0.2) is 4.42 Å². The summed E-state index contributed by atoms with van der Waals surface area (Å²) in [7, 11) is -3.29. The summed E-state index contributed by atoms with van der Waals surface area (Å²) < 4.78 is 26.7. The highest BCUT2D eigenvalue weighted by atomic mass is 32.2. The normalized spacial score (nSPS) is 13.1. The average molecular weight is 219 g/mol. The van der Waals surface area contributed by atoms with E-state index in [1.807, 2.05) is 0 Å². The monoisotopic (exact) mass is 219 g/mol. The molecule has 0 aromatic carbocycles. The predicted octanol–water partition coefficient (Wildman–Crippen LogP) is -0.192. The van der Waals surface area contributed by atoms with Crippen molar-refractivity contribution in [3.8, 4) is 0 Å². The zero-order chi connectivity index (χ0) is 11.0. The molecular weight excluding hydrogens is 206 g/mol. The maximum absolute atomic E-state index is 11.4. The van der Waals surface area contributed by atoms with Gasteiger partial charge in [-0.25, -0.2) is 8.42 Å². The highest BCUT2D eigenvalue weighted by Gasteiger charge is 2.37. The minimum absolute atomic E-state index is 0.0699. The van der Waals surface area contributed by atoms with Gasteiger partial charge < -0.3 is 10.2 Å². The highest BCUT2D eigenvalue weighted by molar-refractivity contribution is 7.91. The molecule has 0 saturated heterocycles. The van der Waals surface area contributed by atoms with Crippen LogP contribution in [0.2, 0.25) is 0 Å². The van der Waals surface area contributed by atoms with Crippen molar-refractivity contribution in [3.63, 3.8) is 0 Å². The van der Waals surface area contributed by atoms with Gasteiger partial charge in [-0.3, -0.25) is 0 Å². The van der Waals surface area contributed by atoms with Crippen LogP contribution in [-0.4, -0.2) is 24.9 Å². The van der Waals surface area contributed by atoms with Gasteiger partial charge in [-0.1, -0.05) is 0 Å². The van der Waals surface area contributed by atoms with E-state index in [2.05, 4.69) is 10.2 Å². The van der Waals surface area contributed by atoms with Gasteiger partial charge in [0.25, 0.3) is 0 Å². The summed E-state index contributed by atoms with van der Waals surface area (Å²) in [5.41, 5.74) is 5.27. The van der Waals surface area contributed by atoms with Crippen LogP contribution >= 0.6 is 0 Å². The Balaban J connectivity index is 3.17. The molecule has 0 spiro atoms. The molecular formula is C7H13N3O3S. The summed E-state index contributed by atoms with van der Waals surface area (Å²) in [6, 6.07) is 0. The van der Waals surface area contributed by atoms with Crippen LogP contribution in [0.4, 0.5) is 0 Å². The lowest BCUT2D eigenvalue weighted by Gasteiger charge is -2.16. The quantitative estimate of drug-likeness (QED) is 0.756. The maximum atomic E-state index is 11.4. The van der Waals surface area contributed by atoms with E-state index < -0.39 is 14.6 Å². The number of hydrogen-bond donors (Lipinski definition) is 1. The summed E-state index contributed by atoms with van der Waals surface area (Å²) in [6.45, 7) is 3.12. The fraction of sp³-hybridized carbons (Fsp3) is 0.714. The zero-order valence-electron chi connectivity index (χ0n) is 8.31. The number of hydrogen-bond acceptors (Lipinski definition) is 6. The van der Waals surface area contributed by atoms with Crippen LogP contribution in [0.3, 0.4) is 0 Å². The van der Waals surface area contributed by atoms with Gasteiger partial charge in [-0.15, -0.1) is 10.2 Å². The lowest BCUT2D eigenvalue weighted by atomic mass is 10.2. The summed E-state index contributed by atoms with van der Waals surface area (Å²) in [5.74, 6) is 0.303. The van der Waals surface area contributed by atoms with E-state index in [1.54, 1.807) is 0 Å². The van der Waals surface area contributed by atoms with E-state index in [0.717, 1.165) is 6.26 Å². The third kappa shape index (κ3) is 1.78. The van der Waals surface area contributed by atoms with Gasteiger partial charge in [0.05, 0.1) is 6.54 Å². The molecule has 1 rings (SSSR count). The standard InChI is InChI=1S/C7H13N3O3S/c1-7(2,14(3,11)12)6-10-9-5(4-8)13-6/h4,8H2,1-3H3. The largest absolute Gasteiger partial charge is 0.422 e. The van der Waals surface area contributed by atoms with Crippen LogP contribution in [0.25, 0.3) is 0 Å². The molecule has 14 heavy (non-hydrogen) atoms. The number of sulfone groups is 1. The topological polar surface area (TPSA) is 99.1 Å². The molecule has 80 valence electrons. The molecule has 7 heteroatoms. The molecule has 0 unspecified atom stereocenters. The molecule has 6 nitrogen and oxygen atoms in total. The van der Waals surface area contributed by atoms with Gasteiger partial charge >= 0.3 is 0 Å². The Morgan fingerprint density at radius 3 is 2.36 bits per heavy atom. The Morgan fingerprint density at radius 1 is 1.43 bits per heavy atom. The van der Waals surface area contributed by atoms with E-state index in [4.69, 9.17) is 10.2 Å². The first-order chi connectivity index (χ1) is 6.29. The molecule has 1 heterocycles. The SMILES string of the molecule is CC(C)(c1nnc(CN)o1)S(C)(=O)=O. The van der Waals surface area contributed by atoms with Gasteiger partial charge in [0.2, 0.25) is 11.8 Å². The third-order valence-electron chi connectivity index (χ3n) is 2.08. The van der Waals surface area contributed by atoms with E-state index >= 15 is 0 Å². The van der Waals surface area contributed by atoms with Crippen molar-refractivity contribution in [3.05, 3.63) is 11.8 Å². The molecule has 0 aliphatic rings. The van der Waals surface area contributed by atoms with Crippen molar-refractivity contribution in [2.24, 2.45) is 5.73 Å². The first-order valence-corrected chi connectivity index (χ1v) is 5.90. The average Bonchev–Trinajstić information content (AvgIpc) is 2.49. The van der Waals surface area contributed by atoms with Crippen LogP contribution in [0.1, 0.15) is 25.6 Å². The van der Waals surface area contributed by atoms with E-state index in [0.29, 0.717) is 0 Å². The maximum Gasteiger partial charge on any atom is 0.237 e. The number of nitrogens with two attached hydrogens (primary N) is 1. The molecule has 0 amide bonds. The highest BCUT2D eigenvalue weighted by Crippen LogP contribution is 2.27. The molecule has 0 atom stereocenters. The van der Waals surface area contributed by atoms with E-state index in [9.17, 15) is 8.42 Å². The number of rotatable bonds is 3. The van der Waals surface area contributed by atoms with Crippen LogP contribution in [0, 0.1) is 0 Å². The second-order valence-corrected chi connectivity index (χ2v) is 6.05. The summed E-state index contributed by atoms with van der Waals surface area (Å²) in [5, 5.41) is 7.26. The Labute approximate surface area is 82.4 Å². The van der Waals surface area contributed by atoms with Gasteiger partial charge in [0.15, 0.2) is 9.84 Å². The molecule has 0 fully saturated rings. The van der Waals surface area contributed by atoms with Crippen molar-refractivity contribution in [2.75, 3.05) is 6.26 Å². The van der Waals surface area contributed by atoms with Crippen molar-refractivity contribution >= 4 is 9.84 Å². The second-order valence-electron chi connectivity index (χ2n) is 3.49. The minimum Gasteiger partial charge on any atom is -0.422 e. The van der Waals surface area contributed by atoms with Crippen molar-refractivity contribution in [2.45, 2.75) is 25.1 Å². The second kappa shape index (κ2) is 3.32. The first kappa shape index (κ1) is 11.1. The Morgan fingerprint density at radius 2 is 2.00 bits per heavy atom. The molecule has 2 N–H and O–H groups in total. The zero-order valence-corrected chi connectivity index (χ0v) is 9.13. The Hall–Kier alpha value is -0.950. The van der Waals surface area contributed by atoms with Crippen LogP contribution < -0.4 is 5.73 Å². The fourth-order valence-electron chi connectivity index (χ4n) is 0.738. The van der Waals surface area contributed by atoms with Gasteiger partial charge in [0, 0.05) is 6.26 Å². The molecule has 1 aromatic rings.